The minimum atomic E-state index is -3.29. The van der Waals surface area contributed by atoms with Crippen molar-refractivity contribution in [3.8, 4) is 0 Å². The Bertz CT molecular complexity index is 577. The molecule has 1 unspecified atom stereocenters. The lowest BCUT2D eigenvalue weighted by atomic mass is 9.68. The van der Waals surface area contributed by atoms with Crippen LogP contribution in [0.5, 0.6) is 0 Å². The third-order valence-electron chi connectivity index (χ3n) is 5.21. The van der Waals surface area contributed by atoms with Gasteiger partial charge in [0.05, 0.1) is 17.3 Å². The van der Waals surface area contributed by atoms with E-state index in [4.69, 9.17) is 0 Å². The quantitative estimate of drug-likeness (QED) is 0.778. The molecule has 1 saturated carbocycles. The predicted molar refractivity (Wildman–Crippen MR) is 77.6 cm³/mol. The van der Waals surface area contributed by atoms with Crippen LogP contribution in [0.15, 0.2) is 0 Å². The van der Waals surface area contributed by atoms with E-state index >= 15 is 0 Å². The summed E-state index contributed by atoms with van der Waals surface area (Å²) < 4.78 is 49.8. The van der Waals surface area contributed by atoms with Crippen LogP contribution in [-0.4, -0.2) is 51.5 Å². The van der Waals surface area contributed by atoms with Gasteiger partial charge >= 0.3 is 0 Å². The summed E-state index contributed by atoms with van der Waals surface area (Å²) in [5, 5.41) is 0. The minimum absolute atomic E-state index is 0.0162. The van der Waals surface area contributed by atoms with Crippen LogP contribution in [0.2, 0.25) is 0 Å². The third kappa shape index (κ3) is 2.90. The second kappa shape index (κ2) is 4.95. The number of rotatable bonds is 3. The summed E-state index contributed by atoms with van der Waals surface area (Å²) in [5.41, 5.74) is 0.256. The molecule has 3 rings (SSSR count). The highest BCUT2D eigenvalue weighted by atomic mass is 32.2. The molecule has 1 spiro atoms. The first kappa shape index (κ1) is 14.8. The zero-order valence-corrected chi connectivity index (χ0v) is 13.4. The van der Waals surface area contributed by atoms with E-state index in [1.165, 1.54) is 6.42 Å². The van der Waals surface area contributed by atoms with E-state index in [-0.39, 0.29) is 28.6 Å². The van der Waals surface area contributed by atoms with E-state index in [0.717, 1.165) is 25.7 Å². The standard InChI is InChI=1S/C13H23NO4S2/c15-19(16)8-1-3-12(9-19)10-20(17,18)14-7-6-13(11-14)4-2-5-13/h12H,1-11H2. The van der Waals surface area contributed by atoms with Gasteiger partial charge in [-0.3, -0.25) is 0 Å². The van der Waals surface area contributed by atoms with Gasteiger partial charge in [0.15, 0.2) is 9.84 Å². The summed E-state index contributed by atoms with van der Waals surface area (Å²) in [7, 11) is -6.32. The zero-order valence-electron chi connectivity index (χ0n) is 11.8. The molecule has 5 nitrogen and oxygen atoms in total. The van der Waals surface area contributed by atoms with Crippen LogP contribution in [0, 0.1) is 11.3 Å². The topological polar surface area (TPSA) is 71.5 Å². The molecule has 0 radical (unpaired) electrons. The predicted octanol–water partition coefficient (Wildman–Crippen LogP) is 1.02. The molecule has 0 aromatic rings. The van der Waals surface area contributed by atoms with E-state index in [1.54, 1.807) is 4.31 Å². The molecule has 0 bridgehead atoms. The summed E-state index contributed by atoms with van der Waals surface area (Å²) in [6.07, 6.45) is 5.82. The molecular weight excluding hydrogens is 298 g/mol. The van der Waals surface area contributed by atoms with Crippen LogP contribution in [0.3, 0.4) is 0 Å². The first-order valence-corrected chi connectivity index (χ1v) is 10.9. The molecule has 2 heterocycles. The van der Waals surface area contributed by atoms with Gasteiger partial charge in [0.2, 0.25) is 10.0 Å². The molecule has 20 heavy (non-hydrogen) atoms. The van der Waals surface area contributed by atoms with Crippen molar-refractivity contribution in [3.05, 3.63) is 0 Å². The molecule has 116 valence electrons. The van der Waals surface area contributed by atoms with Crippen LogP contribution in [0.1, 0.15) is 38.5 Å². The highest BCUT2D eigenvalue weighted by Crippen LogP contribution is 2.48. The highest BCUT2D eigenvalue weighted by Gasteiger charge is 2.46. The summed E-state index contributed by atoms with van der Waals surface area (Å²) in [4.78, 5) is 0. The van der Waals surface area contributed by atoms with Crippen molar-refractivity contribution in [2.75, 3.05) is 30.3 Å². The highest BCUT2D eigenvalue weighted by molar-refractivity contribution is 7.91. The second-order valence-corrected chi connectivity index (χ2v) is 11.1. The number of sulfonamides is 1. The van der Waals surface area contributed by atoms with Gasteiger partial charge in [0, 0.05) is 13.1 Å². The molecule has 7 heteroatoms. The van der Waals surface area contributed by atoms with Crippen molar-refractivity contribution >= 4 is 19.9 Å². The summed E-state index contributed by atoms with van der Waals surface area (Å²) >= 11 is 0. The van der Waals surface area contributed by atoms with Crippen molar-refractivity contribution in [1.82, 2.24) is 4.31 Å². The Kier molecular flexibility index (Phi) is 3.66. The number of sulfone groups is 1. The van der Waals surface area contributed by atoms with Crippen LogP contribution >= 0.6 is 0 Å². The van der Waals surface area contributed by atoms with Gasteiger partial charge in [-0.25, -0.2) is 21.1 Å². The number of hydrogen-bond donors (Lipinski definition) is 0. The Morgan fingerprint density at radius 2 is 1.90 bits per heavy atom. The smallest absolute Gasteiger partial charge is 0.214 e. The van der Waals surface area contributed by atoms with Gasteiger partial charge in [-0.1, -0.05) is 6.42 Å². The minimum Gasteiger partial charge on any atom is -0.229 e. The van der Waals surface area contributed by atoms with Gasteiger partial charge in [-0.15, -0.1) is 0 Å². The Labute approximate surface area is 121 Å². The average Bonchev–Trinajstić information content (AvgIpc) is 2.72. The molecular formula is C13H23NO4S2. The van der Waals surface area contributed by atoms with Crippen LogP contribution in [-0.2, 0) is 19.9 Å². The molecule has 0 N–H and O–H groups in total. The molecule has 2 saturated heterocycles. The fourth-order valence-corrected chi connectivity index (χ4v) is 7.73. The summed E-state index contributed by atoms with van der Waals surface area (Å²) in [6, 6.07) is 0. The zero-order chi connectivity index (χ0) is 14.4. The van der Waals surface area contributed by atoms with Gasteiger partial charge in [0.25, 0.3) is 0 Å². The molecule has 0 amide bonds. The van der Waals surface area contributed by atoms with Crippen molar-refractivity contribution in [3.63, 3.8) is 0 Å². The average molecular weight is 321 g/mol. The fourth-order valence-electron chi connectivity index (χ4n) is 3.87. The SMILES string of the molecule is O=S1(=O)CCCC(CS(=O)(=O)N2CCC3(CCC3)C2)C1. The van der Waals surface area contributed by atoms with E-state index in [0.29, 0.717) is 19.5 Å². The second-order valence-electron chi connectivity index (χ2n) is 6.84. The molecule has 3 aliphatic rings. The fraction of sp³-hybridized carbons (Fsp3) is 1.00. The van der Waals surface area contributed by atoms with Gasteiger partial charge in [-0.2, -0.15) is 0 Å². The van der Waals surface area contributed by atoms with E-state index in [2.05, 4.69) is 0 Å². The normalized spacial score (nSPS) is 33.1. The van der Waals surface area contributed by atoms with Gasteiger partial charge in [-0.05, 0) is 43.4 Å². The van der Waals surface area contributed by atoms with Crippen LogP contribution in [0.25, 0.3) is 0 Å². The molecule has 0 aromatic heterocycles. The third-order valence-corrected chi connectivity index (χ3v) is 9.10. The van der Waals surface area contributed by atoms with Crippen LogP contribution < -0.4 is 0 Å². The number of hydrogen-bond acceptors (Lipinski definition) is 4. The van der Waals surface area contributed by atoms with Crippen molar-refractivity contribution in [2.45, 2.75) is 38.5 Å². The maximum atomic E-state index is 12.5. The van der Waals surface area contributed by atoms with Crippen molar-refractivity contribution in [2.24, 2.45) is 11.3 Å². The van der Waals surface area contributed by atoms with Crippen molar-refractivity contribution < 1.29 is 16.8 Å². The van der Waals surface area contributed by atoms with E-state index < -0.39 is 19.9 Å². The Balaban J connectivity index is 1.64. The van der Waals surface area contributed by atoms with Crippen LogP contribution in [0.4, 0.5) is 0 Å². The van der Waals surface area contributed by atoms with E-state index in [9.17, 15) is 16.8 Å². The number of nitrogens with zero attached hydrogens (tertiary/aromatic N) is 1. The lowest BCUT2D eigenvalue weighted by Gasteiger charge is -2.38. The summed E-state index contributed by atoms with van der Waals surface area (Å²) in [5.74, 6) is 0.0702. The van der Waals surface area contributed by atoms with E-state index in [1.807, 2.05) is 0 Å². The first-order valence-electron chi connectivity index (χ1n) is 7.49. The monoisotopic (exact) mass is 321 g/mol. The molecule has 3 fully saturated rings. The molecule has 1 aliphatic carbocycles. The largest absolute Gasteiger partial charge is 0.229 e. The van der Waals surface area contributed by atoms with Gasteiger partial charge in [0.1, 0.15) is 0 Å². The first-order chi connectivity index (χ1) is 9.30. The lowest BCUT2D eigenvalue weighted by Crippen LogP contribution is -2.39. The molecule has 0 aromatic carbocycles. The Hall–Kier alpha value is -0.140. The van der Waals surface area contributed by atoms with Crippen molar-refractivity contribution in [1.29, 1.82) is 0 Å². The molecule has 1 atom stereocenters. The lowest BCUT2D eigenvalue weighted by molar-refractivity contribution is 0.153. The molecule has 2 aliphatic heterocycles. The maximum Gasteiger partial charge on any atom is 0.214 e. The Morgan fingerprint density at radius 1 is 1.15 bits per heavy atom. The maximum absolute atomic E-state index is 12.5. The van der Waals surface area contributed by atoms with Gasteiger partial charge < -0.3 is 0 Å². The Morgan fingerprint density at radius 3 is 2.45 bits per heavy atom. The summed E-state index contributed by atoms with van der Waals surface area (Å²) in [6.45, 7) is 1.29.